The van der Waals surface area contributed by atoms with E-state index in [1.807, 2.05) is 6.92 Å². The van der Waals surface area contributed by atoms with Crippen LogP contribution in [0, 0.1) is 0 Å². The number of esters is 1. The van der Waals surface area contributed by atoms with Gasteiger partial charge in [0.15, 0.2) is 5.78 Å². The molecule has 1 aromatic rings. The van der Waals surface area contributed by atoms with Gasteiger partial charge < -0.3 is 10.1 Å². The topological polar surface area (TPSA) is 84.8 Å². The molecule has 0 bridgehead atoms. The molecule has 1 N–H and O–H groups in total. The van der Waals surface area contributed by atoms with Gasteiger partial charge in [-0.25, -0.2) is 0 Å². The summed E-state index contributed by atoms with van der Waals surface area (Å²) in [6.45, 7) is 1.88. The molecule has 6 nitrogen and oxygen atoms in total. The van der Waals surface area contributed by atoms with Crippen LogP contribution in [0.25, 0.3) is 0 Å². The molecule has 0 aromatic heterocycles. The number of ketones is 1. The minimum Gasteiger partial charge on any atom is -0.466 e. The molecule has 1 aromatic carbocycles. The Morgan fingerprint density at radius 1 is 1.28 bits per heavy atom. The second kappa shape index (κ2) is 8.58. The molecule has 1 atom stereocenters. The lowest BCUT2D eigenvalue weighted by atomic mass is 9.89. The molecular formula is C18H19ClN2O4. The average Bonchev–Trinajstić information content (AvgIpc) is 2.58. The van der Waals surface area contributed by atoms with E-state index in [1.165, 1.54) is 18.5 Å². The van der Waals surface area contributed by atoms with Gasteiger partial charge in [0.25, 0.3) is 5.91 Å². The minimum atomic E-state index is -1.34. The third-order valence-corrected chi connectivity index (χ3v) is 3.96. The van der Waals surface area contributed by atoms with Gasteiger partial charge in [-0.3, -0.25) is 19.4 Å². The molecule has 2 rings (SSSR count). The molecule has 1 aliphatic heterocycles. The predicted molar refractivity (Wildman–Crippen MR) is 94.8 cm³/mol. The van der Waals surface area contributed by atoms with Crippen molar-refractivity contribution in [3.8, 4) is 0 Å². The van der Waals surface area contributed by atoms with E-state index in [0.717, 1.165) is 0 Å². The zero-order valence-corrected chi connectivity index (χ0v) is 14.6. The van der Waals surface area contributed by atoms with E-state index >= 15 is 0 Å². The summed E-state index contributed by atoms with van der Waals surface area (Å²) in [5.74, 6) is -1.10. The number of carbonyl (C=O) groups is 3. The van der Waals surface area contributed by atoms with Crippen LogP contribution in [0.2, 0.25) is 5.02 Å². The number of rotatable bonds is 7. The normalized spacial score (nSPS) is 18.9. The minimum absolute atomic E-state index is 0.00529. The van der Waals surface area contributed by atoms with Gasteiger partial charge in [0.05, 0.1) is 6.61 Å². The molecule has 25 heavy (non-hydrogen) atoms. The molecule has 0 saturated carbocycles. The number of ether oxygens (including phenoxy) is 1. The molecule has 1 aliphatic rings. The van der Waals surface area contributed by atoms with E-state index in [2.05, 4.69) is 10.3 Å². The van der Waals surface area contributed by atoms with Gasteiger partial charge in [0, 0.05) is 41.9 Å². The van der Waals surface area contributed by atoms with Crippen LogP contribution in [0.5, 0.6) is 0 Å². The zero-order valence-electron chi connectivity index (χ0n) is 13.8. The number of nitrogens with zero attached hydrogens (tertiary/aromatic N) is 1. The maximum Gasteiger partial charge on any atom is 0.305 e. The van der Waals surface area contributed by atoms with Crippen LogP contribution >= 0.6 is 11.6 Å². The van der Waals surface area contributed by atoms with E-state index in [-0.39, 0.29) is 24.8 Å². The first-order valence-electron chi connectivity index (χ1n) is 7.96. The first kappa shape index (κ1) is 18.9. The van der Waals surface area contributed by atoms with E-state index in [0.29, 0.717) is 23.4 Å². The molecule has 1 unspecified atom stereocenters. The molecule has 0 fully saturated rings. The second-order valence-corrected chi connectivity index (χ2v) is 6.05. The van der Waals surface area contributed by atoms with Crippen molar-refractivity contribution in [1.82, 2.24) is 5.32 Å². The number of amides is 1. The number of benzene rings is 1. The van der Waals surface area contributed by atoms with E-state index in [4.69, 9.17) is 16.3 Å². The summed E-state index contributed by atoms with van der Waals surface area (Å²) in [7, 11) is 0. The average molecular weight is 363 g/mol. The van der Waals surface area contributed by atoms with Crippen LogP contribution in [-0.2, 0) is 14.3 Å². The Morgan fingerprint density at radius 3 is 2.64 bits per heavy atom. The van der Waals surface area contributed by atoms with Crippen molar-refractivity contribution in [2.24, 2.45) is 4.99 Å². The molecule has 0 spiro atoms. The molecule has 1 heterocycles. The summed E-state index contributed by atoms with van der Waals surface area (Å²) in [6, 6.07) is 6.30. The van der Waals surface area contributed by atoms with E-state index in [1.54, 1.807) is 24.3 Å². The fourth-order valence-corrected chi connectivity index (χ4v) is 2.44. The molecule has 132 valence electrons. The molecule has 0 aliphatic carbocycles. The molecule has 1 amide bonds. The SMILES string of the molecule is CCCC(=O)OCCC1(NC(=O)c2ccc(Cl)cc2)C=NC=CC1=O. The maximum atomic E-state index is 12.5. The van der Waals surface area contributed by atoms with Crippen LogP contribution < -0.4 is 5.32 Å². The first-order valence-corrected chi connectivity index (χ1v) is 8.33. The maximum absolute atomic E-state index is 12.5. The highest BCUT2D eigenvalue weighted by Crippen LogP contribution is 2.17. The summed E-state index contributed by atoms with van der Waals surface area (Å²) in [4.78, 5) is 40.3. The largest absolute Gasteiger partial charge is 0.466 e. The number of hydrogen-bond donors (Lipinski definition) is 1. The highest BCUT2D eigenvalue weighted by molar-refractivity contribution is 6.30. The Morgan fingerprint density at radius 2 is 2.00 bits per heavy atom. The van der Waals surface area contributed by atoms with Crippen molar-refractivity contribution in [3.63, 3.8) is 0 Å². The summed E-state index contributed by atoms with van der Waals surface area (Å²) >= 11 is 5.82. The fraction of sp³-hybridized carbons (Fsp3) is 0.333. The van der Waals surface area contributed by atoms with Crippen molar-refractivity contribution >= 4 is 35.5 Å². The lowest BCUT2D eigenvalue weighted by Gasteiger charge is -2.29. The number of aliphatic imine (C=N–C) groups is 1. The van der Waals surface area contributed by atoms with E-state index in [9.17, 15) is 14.4 Å². The Bertz CT molecular complexity index is 712. The van der Waals surface area contributed by atoms with Crippen LogP contribution in [0.15, 0.2) is 41.5 Å². The highest BCUT2D eigenvalue weighted by atomic mass is 35.5. The van der Waals surface area contributed by atoms with Crippen LogP contribution in [-0.4, -0.2) is 36.0 Å². The zero-order chi connectivity index (χ0) is 18.3. The van der Waals surface area contributed by atoms with Gasteiger partial charge in [0.2, 0.25) is 0 Å². The lowest BCUT2D eigenvalue weighted by molar-refractivity contribution is -0.144. The first-order chi connectivity index (χ1) is 12.0. The smallest absolute Gasteiger partial charge is 0.305 e. The van der Waals surface area contributed by atoms with Crippen molar-refractivity contribution in [2.45, 2.75) is 31.7 Å². The Labute approximate surface area is 150 Å². The van der Waals surface area contributed by atoms with E-state index < -0.39 is 11.4 Å². The molecular weight excluding hydrogens is 344 g/mol. The third kappa shape index (κ3) is 5.00. The van der Waals surface area contributed by atoms with Crippen molar-refractivity contribution in [3.05, 3.63) is 47.1 Å². The monoisotopic (exact) mass is 362 g/mol. The van der Waals surface area contributed by atoms with Crippen molar-refractivity contribution in [1.29, 1.82) is 0 Å². The van der Waals surface area contributed by atoms with Gasteiger partial charge in [-0.05, 0) is 30.7 Å². The van der Waals surface area contributed by atoms with Gasteiger partial charge in [-0.2, -0.15) is 0 Å². The van der Waals surface area contributed by atoms with Gasteiger partial charge in [0.1, 0.15) is 5.54 Å². The Kier molecular flexibility index (Phi) is 6.47. The third-order valence-electron chi connectivity index (χ3n) is 3.70. The quantitative estimate of drug-likeness (QED) is 0.756. The fourth-order valence-electron chi connectivity index (χ4n) is 2.32. The van der Waals surface area contributed by atoms with Crippen molar-refractivity contribution < 1.29 is 19.1 Å². The van der Waals surface area contributed by atoms with Gasteiger partial charge in [-0.15, -0.1) is 0 Å². The summed E-state index contributed by atoms with van der Waals surface area (Å²) in [5.41, 5.74) is -0.972. The number of nitrogens with one attached hydrogen (secondary N) is 1. The molecule has 0 radical (unpaired) electrons. The Balaban J connectivity index is 2.10. The standard InChI is InChI=1S/C18H19ClN2O4/c1-2-3-16(23)25-11-9-18(12-20-10-8-15(18)22)21-17(24)13-4-6-14(19)7-5-13/h4-8,10,12H,2-3,9,11H2,1H3,(H,21,24). The molecule has 0 saturated heterocycles. The van der Waals surface area contributed by atoms with Crippen LogP contribution in [0.4, 0.5) is 0 Å². The summed E-state index contributed by atoms with van der Waals surface area (Å²) in [5, 5.41) is 3.21. The van der Waals surface area contributed by atoms with Crippen LogP contribution in [0.3, 0.4) is 0 Å². The second-order valence-electron chi connectivity index (χ2n) is 5.61. The summed E-state index contributed by atoms with van der Waals surface area (Å²) in [6.07, 6.45) is 5.12. The molecule has 7 heteroatoms. The van der Waals surface area contributed by atoms with Crippen molar-refractivity contribution in [2.75, 3.05) is 6.61 Å². The predicted octanol–water partition coefficient (Wildman–Crippen LogP) is 2.71. The van der Waals surface area contributed by atoms with Gasteiger partial charge in [-0.1, -0.05) is 18.5 Å². The van der Waals surface area contributed by atoms with Gasteiger partial charge >= 0.3 is 5.97 Å². The summed E-state index contributed by atoms with van der Waals surface area (Å²) < 4.78 is 5.12. The Hall–Kier alpha value is -2.47. The number of hydrogen-bond acceptors (Lipinski definition) is 5. The number of halogens is 1. The number of carbonyl (C=O) groups excluding carboxylic acids is 3. The highest BCUT2D eigenvalue weighted by Gasteiger charge is 2.38. The lowest BCUT2D eigenvalue weighted by Crippen LogP contribution is -2.56. The van der Waals surface area contributed by atoms with Crippen LogP contribution in [0.1, 0.15) is 36.5 Å².